The smallest absolute Gasteiger partial charge is 0.265 e. The quantitative estimate of drug-likeness (QED) is 0.603. The summed E-state index contributed by atoms with van der Waals surface area (Å²) in [7, 11) is 1.90. The minimum Gasteiger partial charge on any atom is -0.450 e. The van der Waals surface area contributed by atoms with Gasteiger partial charge in [0.1, 0.15) is 6.04 Å². The van der Waals surface area contributed by atoms with E-state index in [4.69, 9.17) is 19.1 Å². The molecule has 2 fully saturated rings. The molecule has 0 aromatic rings. The number of Topliss-reactive ketones (excluding diaryl/α,β-unsaturated/α-hetero) is 2. The maximum absolute atomic E-state index is 16.0. The van der Waals surface area contributed by atoms with Gasteiger partial charge in [-0.05, 0) is 26.3 Å². The molecule has 0 radical (unpaired) electrons. The number of nitrogens with one attached hydrogen (secondary N) is 1. The van der Waals surface area contributed by atoms with E-state index in [0.717, 1.165) is 18.5 Å². The van der Waals surface area contributed by atoms with Crippen molar-refractivity contribution in [2.45, 2.75) is 44.0 Å². The third kappa shape index (κ3) is 2.61. The number of hydrogen-bond acceptors (Lipinski definition) is 10. The van der Waals surface area contributed by atoms with E-state index >= 15 is 4.39 Å². The Hall–Kier alpha value is -2.73. The van der Waals surface area contributed by atoms with Gasteiger partial charge in [-0.15, -0.1) is 0 Å². The van der Waals surface area contributed by atoms with Crippen LogP contribution in [-0.2, 0) is 28.7 Å². The Bertz CT molecular complexity index is 1110. The number of ether oxygens (including phenoxy) is 2. The Morgan fingerprint density at radius 3 is 2.94 bits per heavy atom. The van der Waals surface area contributed by atoms with Crippen LogP contribution in [0.25, 0.3) is 0 Å². The molecule has 33 heavy (non-hydrogen) atoms. The zero-order chi connectivity index (χ0) is 22.4. The van der Waals surface area contributed by atoms with Gasteiger partial charge >= 0.3 is 0 Å². The number of nitrogens with zero attached hydrogens (tertiary/aromatic N) is 3. The van der Waals surface area contributed by atoms with E-state index < -0.39 is 29.7 Å². The Morgan fingerprint density at radius 1 is 1.24 bits per heavy atom. The van der Waals surface area contributed by atoms with Crippen molar-refractivity contribution in [1.29, 1.82) is 0 Å². The number of likely N-dealkylation sites (N-methyl/N-ethyl adjacent to an activating group) is 1. The van der Waals surface area contributed by atoms with Crippen molar-refractivity contribution in [3.63, 3.8) is 0 Å². The normalized spacial score (nSPS) is 35.4. The summed E-state index contributed by atoms with van der Waals surface area (Å²) in [6.07, 6.45) is 3.36. The average Bonchev–Trinajstić information content (AvgIpc) is 3.54. The molecule has 11 heteroatoms. The Morgan fingerprint density at radius 2 is 2.12 bits per heavy atom. The molecule has 0 saturated carbocycles. The lowest BCUT2D eigenvalue weighted by molar-refractivity contribution is -0.327. The van der Waals surface area contributed by atoms with Crippen molar-refractivity contribution in [2.75, 3.05) is 26.9 Å². The zero-order valence-electron chi connectivity index (χ0n) is 18.0. The summed E-state index contributed by atoms with van der Waals surface area (Å²) < 4.78 is 27.7. The van der Waals surface area contributed by atoms with Crippen LogP contribution in [0.3, 0.4) is 0 Å². The summed E-state index contributed by atoms with van der Waals surface area (Å²) in [5.41, 5.74) is 1.90. The molecule has 2 saturated heterocycles. The number of ketones is 2. The molecule has 174 valence electrons. The number of likely N-dealkylation sites (tertiary alicyclic amines) is 1. The first-order valence-corrected chi connectivity index (χ1v) is 11.3. The summed E-state index contributed by atoms with van der Waals surface area (Å²) in [5.74, 6) is -1.44. The van der Waals surface area contributed by atoms with Gasteiger partial charge in [0.2, 0.25) is 17.9 Å². The lowest BCUT2D eigenvalue weighted by Crippen LogP contribution is -2.51. The second-order valence-corrected chi connectivity index (χ2v) is 9.24. The standard InChI is InChI=1S/C22H23FN4O6/c1-24-11-4-5-25(8-11)14-7-10-6-12-21(33-27-22(12)30-9-31-27)26-13-2-3-15(28)18(29)19(13)32-20(16(14)23)17(10)26/h7,10-11,17,22,24H,2-6,8-9H2,1H3/t10?,11?,17?,22-/m1/s1. The summed E-state index contributed by atoms with van der Waals surface area (Å²) in [6.45, 7) is 1.48. The number of carbonyl (C=O) groups is 2. The van der Waals surface area contributed by atoms with Crippen LogP contribution in [-0.4, -0.2) is 71.8 Å². The highest BCUT2D eigenvalue weighted by atomic mass is 19.1. The van der Waals surface area contributed by atoms with E-state index in [1.54, 1.807) is 0 Å². The molecule has 0 spiro atoms. The molecule has 3 unspecified atom stereocenters. The van der Waals surface area contributed by atoms with E-state index in [-0.39, 0.29) is 36.7 Å². The Kier molecular flexibility index (Phi) is 4.12. The van der Waals surface area contributed by atoms with Gasteiger partial charge in [0.05, 0.1) is 11.4 Å². The van der Waals surface area contributed by atoms with Gasteiger partial charge in [-0.2, -0.15) is 0 Å². The van der Waals surface area contributed by atoms with Gasteiger partial charge in [0, 0.05) is 42.3 Å². The van der Waals surface area contributed by atoms with Gasteiger partial charge in [0.25, 0.3) is 5.78 Å². The number of allylic oxidation sites excluding steroid dienone is 3. The van der Waals surface area contributed by atoms with E-state index in [9.17, 15) is 9.59 Å². The lowest BCUT2D eigenvalue weighted by Gasteiger charge is -2.48. The number of carbonyl (C=O) groups excluding carboxylic acids is 2. The highest BCUT2D eigenvalue weighted by molar-refractivity contribution is 6.43. The van der Waals surface area contributed by atoms with Crippen molar-refractivity contribution in [1.82, 2.24) is 20.3 Å². The van der Waals surface area contributed by atoms with E-state index in [2.05, 4.69) is 5.32 Å². The maximum Gasteiger partial charge on any atom is 0.265 e. The van der Waals surface area contributed by atoms with Crippen molar-refractivity contribution >= 4 is 11.6 Å². The molecule has 5 aliphatic heterocycles. The molecule has 7 rings (SSSR count). The van der Waals surface area contributed by atoms with Crippen LogP contribution in [0.5, 0.6) is 0 Å². The van der Waals surface area contributed by atoms with Crippen LogP contribution in [0.1, 0.15) is 25.7 Å². The van der Waals surface area contributed by atoms with Gasteiger partial charge in [-0.3, -0.25) is 14.5 Å². The van der Waals surface area contributed by atoms with Crippen LogP contribution >= 0.6 is 0 Å². The molecule has 10 nitrogen and oxygen atoms in total. The Labute approximate surface area is 188 Å². The number of hydrogen-bond donors (Lipinski definition) is 1. The fraction of sp³-hybridized carbons (Fsp3) is 0.545. The first kappa shape index (κ1) is 19.7. The topological polar surface area (TPSA) is 92.8 Å². The minimum atomic E-state index is -0.724. The third-order valence-corrected chi connectivity index (χ3v) is 7.54. The molecule has 7 aliphatic rings. The van der Waals surface area contributed by atoms with Crippen molar-refractivity contribution in [3.8, 4) is 0 Å². The molecular weight excluding hydrogens is 435 g/mol. The maximum atomic E-state index is 16.0. The largest absolute Gasteiger partial charge is 0.450 e. The third-order valence-electron chi connectivity index (χ3n) is 7.54. The zero-order valence-corrected chi connectivity index (χ0v) is 18.0. The molecule has 5 heterocycles. The van der Waals surface area contributed by atoms with Gasteiger partial charge in [0.15, 0.2) is 24.1 Å². The molecule has 0 aromatic heterocycles. The molecule has 0 aromatic carbocycles. The minimum absolute atomic E-state index is 0.0660. The number of fused-ring (bicyclic) bond motifs is 4. The van der Waals surface area contributed by atoms with Crippen LogP contribution in [0.4, 0.5) is 4.39 Å². The lowest BCUT2D eigenvalue weighted by atomic mass is 9.79. The molecular formula is C22H23FN4O6. The summed E-state index contributed by atoms with van der Waals surface area (Å²) >= 11 is 0. The van der Waals surface area contributed by atoms with Crippen molar-refractivity contribution in [2.24, 2.45) is 5.92 Å². The van der Waals surface area contributed by atoms with Crippen LogP contribution in [0.2, 0.25) is 0 Å². The monoisotopic (exact) mass is 458 g/mol. The molecule has 2 aliphatic carbocycles. The van der Waals surface area contributed by atoms with E-state index in [1.807, 2.05) is 22.9 Å². The van der Waals surface area contributed by atoms with Gasteiger partial charge in [-0.25, -0.2) is 9.23 Å². The molecule has 0 amide bonds. The second kappa shape index (κ2) is 6.89. The summed E-state index contributed by atoms with van der Waals surface area (Å²) in [6, 6.07) is -0.228. The molecule has 1 N–H and O–H groups in total. The Balaban J connectivity index is 1.38. The predicted octanol–water partition coefficient (Wildman–Crippen LogP) is 0.927. The van der Waals surface area contributed by atoms with E-state index in [0.29, 0.717) is 36.7 Å². The van der Waals surface area contributed by atoms with Crippen molar-refractivity contribution in [3.05, 3.63) is 46.3 Å². The highest BCUT2D eigenvalue weighted by Crippen LogP contribution is 2.53. The number of hydroxylamine groups is 2. The SMILES string of the molecule is CNC1CCN(C2=CC3CC4=C(ON5OCO[C@H]45)N4C5=C(OC(=C2F)C34)C(=O)C(=O)CC5)C1. The highest BCUT2D eigenvalue weighted by Gasteiger charge is 2.56. The summed E-state index contributed by atoms with van der Waals surface area (Å²) in [4.78, 5) is 40.2. The fourth-order valence-electron chi connectivity index (χ4n) is 5.91. The fourth-order valence-corrected chi connectivity index (χ4v) is 5.91. The van der Waals surface area contributed by atoms with E-state index in [1.165, 1.54) is 5.23 Å². The number of halogens is 1. The van der Waals surface area contributed by atoms with Gasteiger partial charge < -0.3 is 24.5 Å². The average molecular weight is 458 g/mol. The van der Waals surface area contributed by atoms with Crippen LogP contribution in [0.15, 0.2) is 46.3 Å². The molecule has 4 atom stereocenters. The van der Waals surface area contributed by atoms with Crippen LogP contribution in [0, 0.1) is 5.92 Å². The van der Waals surface area contributed by atoms with Crippen molar-refractivity contribution < 1.29 is 33.1 Å². The summed E-state index contributed by atoms with van der Waals surface area (Å²) in [5, 5.41) is 4.56. The van der Waals surface area contributed by atoms with Gasteiger partial charge in [-0.1, -0.05) is 6.08 Å². The number of rotatable bonds is 2. The predicted molar refractivity (Wildman–Crippen MR) is 107 cm³/mol. The van der Waals surface area contributed by atoms with Crippen LogP contribution < -0.4 is 5.32 Å². The second-order valence-electron chi connectivity index (χ2n) is 9.24. The first-order valence-electron chi connectivity index (χ1n) is 11.3. The molecule has 0 bridgehead atoms. The first-order chi connectivity index (χ1) is 16.0.